The number of ketones is 1. The minimum absolute atomic E-state index is 0.0466. The molecule has 1 fully saturated rings. The Kier molecular flexibility index (Phi) is 6.67. The van der Waals surface area contributed by atoms with Crippen LogP contribution in [0.4, 0.5) is 5.69 Å². The van der Waals surface area contributed by atoms with Gasteiger partial charge in [0.25, 0.3) is 0 Å². The van der Waals surface area contributed by atoms with E-state index in [1.165, 1.54) is 11.2 Å². The first-order chi connectivity index (χ1) is 14.5. The van der Waals surface area contributed by atoms with Crippen molar-refractivity contribution in [2.24, 2.45) is 5.92 Å². The summed E-state index contributed by atoms with van der Waals surface area (Å²) in [5.41, 5.74) is 1.99. The molecule has 0 bridgehead atoms. The fourth-order valence-corrected chi connectivity index (χ4v) is 5.24. The van der Waals surface area contributed by atoms with Gasteiger partial charge in [0, 0.05) is 24.6 Å². The third-order valence-corrected chi connectivity index (χ3v) is 7.66. The monoisotopic (exact) mass is 442 g/mol. The van der Waals surface area contributed by atoms with Crippen LogP contribution in [0.15, 0.2) is 53.4 Å². The van der Waals surface area contributed by atoms with E-state index in [2.05, 4.69) is 26.1 Å². The number of amides is 1. The Bertz CT molecular complexity index is 1060. The zero-order chi connectivity index (χ0) is 22.8. The molecular weight excluding hydrogens is 412 g/mol. The van der Waals surface area contributed by atoms with Crippen molar-refractivity contribution in [1.82, 2.24) is 4.31 Å². The molecule has 166 valence electrons. The Hall–Kier alpha value is -2.51. The molecule has 0 radical (unpaired) electrons. The lowest BCUT2D eigenvalue weighted by molar-refractivity contribution is -0.120. The Balaban J connectivity index is 1.65. The molecule has 0 aliphatic carbocycles. The summed E-state index contributed by atoms with van der Waals surface area (Å²) in [6.45, 7) is 8.29. The Labute approximate surface area is 184 Å². The molecule has 1 saturated heterocycles. The number of hydrogen-bond acceptors (Lipinski definition) is 4. The Morgan fingerprint density at radius 1 is 0.968 bits per heavy atom. The zero-order valence-electron chi connectivity index (χ0n) is 18.5. The molecule has 0 atom stereocenters. The third kappa shape index (κ3) is 5.22. The van der Waals surface area contributed by atoms with Crippen molar-refractivity contribution < 1.29 is 18.0 Å². The normalized spacial score (nSPS) is 16.1. The molecule has 2 aromatic rings. The average Bonchev–Trinajstić information content (AvgIpc) is 2.73. The van der Waals surface area contributed by atoms with E-state index in [0.29, 0.717) is 24.1 Å². The van der Waals surface area contributed by atoms with Crippen LogP contribution in [-0.4, -0.2) is 37.5 Å². The molecule has 1 aliphatic heterocycles. The minimum atomic E-state index is -3.59. The highest BCUT2D eigenvalue weighted by Crippen LogP contribution is 2.28. The van der Waals surface area contributed by atoms with Gasteiger partial charge >= 0.3 is 0 Å². The van der Waals surface area contributed by atoms with Crippen molar-refractivity contribution in [3.63, 3.8) is 0 Å². The number of carbonyl (C=O) groups is 2. The molecular formula is C24H30N2O4S. The summed E-state index contributed by atoms with van der Waals surface area (Å²) in [4.78, 5) is 24.7. The SMILES string of the molecule is CC(=O)c1ccccc1NC(=O)C1CCN(S(=O)(=O)c2ccc(C(C)(C)C)cc2)CC1. The van der Waals surface area contributed by atoms with Crippen molar-refractivity contribution in [2.75, 3.05) is 18.4 Å². The van der Waals surface area contributed by atoms with Gasteiger partial charge in [-0.05, 0) is 55.0 Å². The molecule has 1 aliphatic rings. The molecule has 0 unspecified atom stereocenters. The van der Waals surface area contributed by atoms with Gasteiger partial charge in [0.05, 0.1) is 10.6 Å². The second kappa shape index (κ2) is 8.93. The summed E-state index contributed by atoms with van der Waals surface area (Å²) in [6, 6.07) is 13.9. The molecule has 6 nitrogen and oxygen atoms in total. The van der Waals surface area contributed by atoms with Crippen molar-refractivity contribution >= 4 is 27.4 Å². The first kappa shape index (κ1) is 23.2. The summed E-state index contributed by atoms with van der Waals surface area (Å²) in [6.07, 6.45) is 0.876. The molecule has 3 rings (SSSR count). The van der Waals surface area contributed by atoms with E-state index in [9.17, 15) is 18.0 Å². The molecule has 0 saturated carbocycles. The van der Waals surface area contributed by atoms with Gasteiger partial charge in [-0.1, -0.05) is 45.0 Å². The van der Waals surface area contributed by atoms with Crippen LogP contribution in [0.3, 0.4) is 0 Å². The molecule has 1 N–H and O–H groups in total. The second-order valence-corrected chi connectivity index (χ2v) is 11.0. The van der Waals surface area contributed by atoms with Crippen molar-refractivity contribution in [1.29, 1.82) is 0 Å². The smallest absolute Gasteiger partial charge is 0.243 e. The molecule has 1 heterocycles. The van der Waals surface area contributed by atoms with Gasteiger partial charge in [-0.2, -0.15) is 4.31 Å². The fourth-order valence-electron chi connectivity index (χ4n) is 3.77. The maximum absolute atomic E-state index is 13.0. The standard InChI is InChI=1S/C24H30N2O4S/c1-17(27)21-7-5-6-8-22(21)25-23(28)18-13-15-26(16-14-18)31(29,30)20-11-9-19(10-12-20)24(2,3)4/h5-12,18H,13-16H2,1-4H3,(H,25,28). The van der Waals surface area contributed by atoms with Gasteiger partial charge in [0.2, 0.25) is 15.9 Å². The maximum atomic E-state index is 13.0. The molecule has 0 spiro atoms. The summed E-state index contributed by atoms with van der Waals surface area (Å²) in [5.74, 6) is -0.593. The number of nitrogens with one attached hydrogen (secondary N) is 1. The predicted octanol–water partition coefficient (Wildman–Crippen LogP) is 4.23. The highest BCUT2D eigenvalue weighted by molar-refractivity contribution is 7.89. The summed E-state index contributed by atoms with van der Waals surface area (Å²) < 4.78 is 27.5. The summed E-state index contributed by atoms with van der Waals surface area (Å²) in [7, 11) is -3.59. The molecule has 2 aromatic carbocycles. The maximum Gasteiger partial charge on any atom is 0.243 e. The Morgan fingerprint density at radius 3 is 2.10 bits per heavy atom. The number of Topliss-reactive ketones (excluding diaryl/α,β-unsaturated/α-hetero) is 1. The van der Waals surface area contributed by atoms with Crippen LogP contribution in [0.2, 0.25) is 0 Å². The van der Waals surface area contributed by atoms with Crippen LogP contribution < -0.4 is 5.32 Å². The lowest BCUT2D eigenvalue weighted by atomic mass is 9.87. The molecule has 0 aromatic heterocycles. The number of para-hydroxylation sites is 1. The number of hydrogen-bond donors (Lipinski definition) is 1. The van der Waals surface area contributed by atoms with Gasteiger partial charge in [-0.25, -0.2) is 8.42 Å². The van der Waals surface area contributed by atoms with E-state index in [-0.39, 0.29) is 41.0 Å². The number of sulfonamides is 1. The number of piperidine rings is 1. The first-order valence-electron chi connectivity index (χ1n) is 10.5. The number of anilines is 1. The highest BCUT2D eigenvalue weighted by Gasteiger charge is 2.32. The van der Waals surface area contributed by atoms with Crippen molar-refractivity contribution in [3.8, 4) is 0 Å². The average molecular weight is 443 g/mol. The van der Waals surface area contributed by atoms with Crippen LogP contribution in [0.5, 0.6) is 0 Å². The predicted molar refractivity (Wildman–Crippen MR) is 122 cm³/mol. The van der Waals surface area contributed by atoms with Crippen LogP contribution >= 0.6 is 0 Å². The molecule has 1 amide bonds. The van der Waals surface area contributed by atoms with Crippen LogP contribution in [-0.2, 0) is 20.2 Å². The number of nitrogens with zero attached hydrogens (tertiary/aromatic N) is 1. The van der Waals surface area contributed by atoms with Crippen molar-refractivity contribution in [3.05, 3.63) is 59.7 Å². The van der Waals surface area contributed by atoms with Crippen LogP contribution in [0.25, 0.3) is 0 Å². The van der Waals surface area contributed by atoms with Crippen molar-refractivity contribution in [2.45, 2.75) is 50.8 Å². The number of carbonyl (C=O) groups excluding carboxylic acids is 2. The highest BCUT2D eigenvalue weighted by atomic mass is 32.2. The van der Waals surface area contributed by atoms with Crippen LogP contribution in [0.1, 0.15) is 56.5 Å². The lowest BCUT2D eigenvalue weighted by Gasteiger charge is -2.31. The fraction of sp³-hybridized carbons (Fsp3) is 0.417. The number of benzene rings is 2. The van der Waals surface area contributed by atoms with Crippen LogP contribution in [0, 0.1) is 5.92 Å². The van der Waals surface area contributed by atoms with E-state index >= 15 is 0 Å². The van der Waals surface area contributed by atoms with Gasteiger partial charge in [0.15, 0.2) is 5.78 Å². The third-order valence-electron chi connectivity index (χ3n) is 5.75. The first-order valence-corrected chi connectivity index (χ1v) is 12.0. The summed E-state index contributed by atoms with van der Waals surface area (Å²) >= 11 is 0. The van der Waals surface area contributed by atoms with Gasteiger partial charge in [-0.15, -0.1) is 0 Å². The van der Waals surface area contributed by atoms with Gasteiger partial charge in [-0.3, -0.25) is 9.59 Å². The summed E-state index contributed by atoms with van der Waals surface area (Å²) in [5, 5.41) is 2.84. The molecule has 31 heavy (non-hydrogen) atoms. The van der Waals surface area contributed by atoms with Gasteiger partial charge < -0.3 is 5.32 Å². The molecule has 7 heteroatoms. The van der Waals surface area contributed by atoms with E-state index < -0.39 is 10.0 Å². The van der Waals surface area contributed by atoms with E-state index in [1.54, 1.807) is 36.4 Å². The lowest BCUT2D eigenvalue weighted by Crippen LogP contribution is -2.41. The van der Waals surface area contributed by atoms with E-state index in [4.69, 9.17) is 0 Å². The van der Waals surface area contributed by atoms with E-state index in [1.807, 2.05) is 12.1 Å². The number of rotatable bonds is 5. The topological polar surface area (TPSA) is 83.6 Å². The second-order valence-electron chi connectivity index (χ2n) is 9.04. The quantitative estimate of drug-likeness (QED) is 0.703. The minimum Gasteiger partial charge on any atom is -0.325 e. The Morgan fingerprint density at radius 2 is 1.55 bits per heavy atom. The van der Waals surface area contributed by atoms with Gasteiger partial charge in [0.1, 0.15) is 0 Å². The van der Waals surface area contributed by atoms with E-state index in [0.717, 1.165) is 5.56 Å². The zero-order valence-corrected chi connectivity index (χ0v) is 19.3. The largest absolute Gasteiger partial charge is 0.325 e.